The number of halogens is 9. The quantitative estimate of drug-likeness (QED) is 0.207. The van der Waals surface area contributed by atoms with E-state index in [1.165, 1.54) is 6.26 Å². The Labute approximate surface area is 134 Å². The van der Waals surface area contributed by atoms with Crippen LogP contribution in [0.2, 0.25) is 0 Å². The summed E-state index contributed by atoms with van der Waals surface area (Å²) in [7, 11) is -6.09. The fraction of sp³-hybridized carbons (Fsp3) is 0.571. The molecule has 0 aromatic carbocycles. The van der Waals surface area contributed by atoms with E-state index in [0.717, 1.165) is 11.8 Å². The van der Waals surface area contributed by atoms with Gasteiger partial charge in [0.1, 0.15) is 22.7 Å². The predicted octanol–water partition coefficient (Wildman–Crippen LogP) is 4.90. The van der Waals surface area contributed by atoms with Crippen LogP contribution in [-0.4, -0.2) is 24.7 Å². The Morgan fingerprint density at radius 1 is 1.00 bits per heavy atom. The van der Waals surface area contributed by atoms with Gasteiger partial charge in [-0.2, -0.15) is 39.5 Å². The summed E-state index contributed by atoms with van der Waals surface area (Å²) in [6, 6.07) is 0. The predicted molar refractivity (Wildman–Crippen MR) is 64.1 cm³/mol. The van der Waals surface area contributed by atoms with E-state index in [-0.39, 0.29) is 26.2 Å². The van der Waals surface area contributed by atoms with E-state index in [0.29, 0.717) is 0 Å². The van der Waals surface area contributed by atoms with Crippen molar-refractivity contribution in [3.05, 3.63) is 9.75 Å². The molecule has 0 amide bonds. The lowest BCUT2D eigenvalue weighted by atomic mass is 10.4. The van der Waals surface area contributed by atoms with Crippen LogP contribution in [0.1, 0.15) is 9.75 Å². The highest BCUT2D eigenvalue weighted by Crippen LogP contribution is 2.49. The highest BCUT2D eigenvalue weighted by Gasteiger charge is 2.53. The minimum atomic E-state index is -6.09. The second kappa shape index (κ2) is 7.28. The van der Waals surface area contributed by atoms with Crippen molar-refractivity contribution in [1.82, 2.24) is 0 Å². The van der Waals surface area contributed by atoms with E-state index in [1.807, 2.05) is 0 Å². The summed E-state index contributed by atoms with van der Waals surface area (Å²) in [5.74, 6) is 0. The number of alkyl halides is 9. The van der Waals surface area contributed by atoms with E-state index < -0.39 is 37.7 Å². The Kier molecular flexibility index (Phi) is 7.18. The van der Waals surface area contributed by atoms with E-state index in [9.17, 15) is 39.5 Å². The molecule has 0 atom stereocenters. The van der Waals surface area contributed by atoms with Gasteiger partial charge in [0.05, 0.1) is 0 Å². The summed E-state index contributed by atoms with van der Waals surface area (Å²) in [5.41, 5.74) is -5.65. The molecule has 1 rings (SSSR count). The zero-order valence-corrected chi connectivity index (χ0v) is 13.5. The zero-order chi connectivity index (χ0) is 18.9. The first-order valence-corrected chi connectivity index (χ1v) is 8.85. The Bertz CT molecular complexity index is 594. The minimum absolute atomic E-state index is 0.0367. The van der Waals surface area contributed by atoms with Gasteiger partial charge in [0.25, 0.3) is 9.75 Å². The van der Waals surface area contributed by atoms with E-state index in [1.54, 1.807) is 0 Å². The lowest BCUT2D eigenvalue weighted by Crippen LogP contribution is -2.21. The summed E-state index contributed by atoms with van der Waals surface area (Å²) in [6.45, 7) is 0. The van der Waals surface area contributed by atoms with Crippen LogP contribution in [0.4, 0.5) is 39.5 Å². The SMILES string of the molecule is CSc1sc(C(F)(F)F)c(C(F)(F)F)[s+]1.O=S(=O)([O-])C(F)(F)F. The molecule has 0 aliphatic heterocycles. The summed E-state index contributed by atoms with van der Waals surface area (Å²) < 4.78 is 132. The maximum absolute atomic E-state index is 12.2. The molecule has 0 bridgehead atoms. The molecule has 0 aliphatic carbocycles. The van der Waals surface area contributed by atoms with Crippen LogP contribution in [0, 0.1) is 0 Å². The van der Waals surface area contributed by atoms with Gasteiger partial charge in [0.15, 0.2) is 10.1 Å². The lowest BCUT2D eigenvalue weighted by Gasteiger charge is -2.08. The molecule has 0 saturated carbocycles. The van der Waals surface area contributed by atoms with Crippen LogP contribution < -0.4 is 0 Å². The first kappa shape index (κ1) is 22.7. The largest absolute Gasteiger partial charge is 0.741 e. The molecular formula is C7H3F9O3S4. The highest BCUT2D eigenvalue weighted by molar-refractivity contribution is 8.02. The minimum Gasteiger partial charge on any atom is -0.741 e. The Hall–Kier alpha value is -0.320. The smallest absolute Gasteiger partial charge is 0.485 e. The molecule has 0 unspecified atom stereocenters. The second-order valence-electron chi connectivity index (χ2n) is 3.21. The molecule has 0 aliphatic rings. The van der Waals surface area contributed by atoms with Gasteiger partial charge in [-0.1, -0.05) is 11.8 Å². The number of hydrogen-bond acceptors (Lipinski definition) is 5. The van der Waals surface area contributed by atoms with Crippen molar-refractivity contribution in [3.63, 3.8) is 0 Å². The third-order valence-corrected chi connectivity index (χ3v) is 6.18. The molecule has 1 heterocycles. The average molecular weight is 434 g/mol. The molecule has 16 heteroatoms. The van der Waals surface area contributed by atoms with Crippen molar-refractivity contribution >= 4 is 44.6 Å². The fourth-order valence-electron chi connectivity index (χ4n) is 0.737. The van der Waals surface area contributed by atoms with Crippen molar-refractivity contribution in [2.24, 2.45) is 0 Å². The maximum atomic E-state index is 12.2. The molecule has 23 heavy (non-hydrogen) atoms. The van der Waals surface area contributed by atoms with Crippen molar-refractivity contribution < 1.29 is 52.5 Å². The average Bonchev–Trinajstić information content (AvgIpc) is 2.70. The van der Waals surface area contributed by atoms with Gasteiger partial charge in [-0.05, 0) is 6.26 Å². The van der Waals surface area contributed by atoms with Crippen molar-refractivity contribution in [3.8, 4) is 0 Å². The molecule has 136 valence electrons. The third kappa shape index (κ3) is 6.98. The van der Waals surface area contributed by atoms with E-state index >= 15 is 0 Å². The highest BCUT2D eigenvalue weighted by atomic mass is 32.2. The molecule has 0 radical (unpaired) electrons. The number of thioether (sulfide) groups is 1. The zero-order valence-electron chi connectivity index (χ0n) is 10.3. The molecular weight excluding hydrogens is 431 g/mol. The monoisotopic (exact) mass is 434 g/mol. The van der Waals surface area contributed by atoms with Crippen LogP contribution in [-0.2, 0) is 22.5 Å². The van der Waals surface area contributed by atoms with E-state index in [2.05, 4.69) is 0 Å². The van der Waals surface area contributed by atoms with Gasteiger partial charge in [-0.15, -0.1) is 0 Å². The van der Waals surface area contributed by atoms with Crippen LogP contribution in [0.25, 0.3) is 0 Å². The molecule has 0 fully saturated rings. The molecule has 0 saturated heterocycles. The normalized spacial score (nSPS) is 13.5. The standard InChI is InChI=1S/C6H3F6S3.CHF3O3S/c1-13-4-14-2(5(7,8)9)3(15-4)6(10,11)12;2-1(3,4)8(5,6)7/h1H3;(H,5,6,7)/q+1;/p-1. The van der Waals surface area contributed by atoms with Crippen molar-refractivity contribution in [1.29, 1.82) is 0 Å². The summed E-state index contributed by atoms with van der Waals surface area (Å²) in [4.78, 5) is -3.13. The Balaban J connectivity index is 0.000000515. The molecule has 0 N–H and O–H groups in total. The van der Waals surface area contributed by atoms with Crippen LogP contribution in [0.3, 0.4) is 0 Å². The van der Waals surface area contributed by atoms with Crippen molar-refractivity contribution in [2.75, 3.05) is 6.26 Å². The maximum Gasteiger partial charge on any atom is 0.485 e. The first-order valence-electron chi connectivity index (χ1n) is 4.58. The van der Waals surface area contributed by atoms with E-state index in [4.69, 9.17) is 13.0 Å². The second-order valence-corrected chi connectivity index (χ2v) is 8.22. The Morgan fingerprint density at radius 3 is 1.57 bits per heavy atom. The van der Waals surface area contributed by atoms with Crippen LogP contribution in [0.5, 0.6) is 0 Å². The summed E-state index contributed by atoms with van der Waals surface area (Å²) >= 11 is 1.13. The molecule has 1 aromatic heterocycles. The van der Waals surface area contributed by atoms with Gasteiger partial charge in [0, 0.05) is 0 Å². The fourth-order valence-corrected chi connectivity index (χ4v) is 3.80. The van der Waals surface area contributed by atoms with Gasteiger partial charge in [-0.3, -0.25) is 0 Å². The summed E-state index contributed by atoms with van der Waals surface area (Å²) in [5, 5.41) is 0. The number of rotatable bonds is 1. The Morgan fingerprint density at radius 2 is 1.39 bits per heavy atom. The molecule has 1 aromatic rings. The van der Waals surface area contributed by atoms with Crippen LogP contribution in [0.15, 0.2) is 3.52 Å². The van der Waals surface area contributed by atoms with Gasteiger partial charge < -0.3 is 4.55 Å². The molecule has 3 nitrogen and oxygen atoms in total. The molecule has 0 spiro atoms. The van der Waals surface area contributed by atoms with Gasteiger partial charge >= 0.3 is 21.4 Å². The summed E-state index contributed by atoms with van der Waals surface area (Å²) in [6.07, 6.45) is -8.46. The van der Waals surface area contributed by atoms with Crippen LogP contribution >= 0.6 is 34.4 Å². The van der Waals surface area contributed by atoms with Gasteiger partial charge in [0.2, 0.25) is 0 Å². The first-order chi connectivity index (χ1) is 9.91. The third-order valence-electron chi connectivity index (χ3n) is 1.54. The number of hydrogen-bond donors (Lipinski definition) is 0. The topological polar surface area (TPSA) is 57.2 Å². The van der Waals surface area contributed by atoms with Gasteiger partial charge in [-0.25, -0.2) is 8.42 Å². The van der Waals surface area contributed by atoms with Crippen molar-refractivity contribution in [2.45, 2.75) is 21.4 Å². The lowest BCUT2D eigenvalue weighted by molar-refractivity contribution is -0.157.